The highest BCUT2D eigenvalue weighted by Crippen LogP contribution is 2.21. The van der Waals surface area contributed by atoms with Crippen LogP contribution in [0.5, 0.6) is 0 Å². The largest absolute Gasteiger partial charge is 0.480 e. The molecule has 1 aromatic carbocycles. The molecule has 0 aromatic heterocycles. The number of aliphatic carboxylic acids is 1. The Morgan fingerprint density at radius 2 is 2.10 bits per heavy atom. The molecule has 0 aliphatic rings. The number of nitrogens with one attached hydrogen (secondary N) is 2. The molecular weight excluding hydrogens is 266 g/mol. The van der Waals surface area contributed by atoms with Gasteiger partial charge < -0.3 is 15.7 Å². The number of aryl methyl sites for hydroxylation is 1. The third kappa shape index (κ3) is 3.94. The van der Waals surface area contributed by atoms with Gasteiger partial charge in [0.25, 0.3) is 5.69 Å². The number of nitro groups is 1. The van der Waals surface area contributed by atoms with Crippen LogP contribution in [0.1, 0.15) is 18.9 Å². The number of amides is 2. The minimum atomic E-state index is -1.12. The molecule has 0 fully saturated rings. The quantitative estimate of drug-likeness (QED) is 0.562. The number of carbonyl (C=O) groups is 2. The molecular formula is C12H15N3O5. The fraction of sp³-hybridized carbons (Fsp3) is 0.333. The van der Waals surface area contributed by atoms with Crippen molar-refractivity contribution in [1.82, 2.24) is 5.32 Å². The number of carboxylic acids is 1. The molecule has 108 valence electrons. The molecule has 1 unspecified atom stereocenters. The monoisotopic (exact) mass is 281 g/mol. The molecule has 0 saturated heterocycles. The first kappa shape index (κ1) is 15.4. The van der Waals surface area contributed by atoms with Crippen LogP contribution in [0.2, 0.25) is 0 Å². The number of rotatable bonds is 5. The SMILES string of the molecule is CCC(NC(=O)Nc1ccc([N+](=O)[O-])c(C)c1)C(=O)O. The molecule has 0 bridgehead atoms. The van der Waals surface area contributed by atoms with E-state index in [2.05, 4.69) is 10.6 Å². The number of nitro benzene ring substituents is 1. The van der Waals surface area contributed by atoms with Crippen molar-refractivity contribution in [3.63, 3.8) is 0 Å². The van der Waals surface area contributed by atoms with Crippen LogP contribution >= 0.6 is 0 Å². The topological polar surface area (TPSA) is 122 Å². The van der Waals surface area contributed by atoms with Gasteiger partial charge in [-0.2, -0.15) is 0 Å². The molecule has 0 saturated carbocycles. The van der Waals surface area contributed by atoms with Crippen molar-refractivity contribution in [1.29, 1.82) is 0 Å². The second kappa shape index (κ2) is 6.50. The lowest BCUT2D eigenvalue weighted by molar-refractivity contribution is -0.385. The van der Waals surface area contributed by atoms with Crippen molar-refractivity contribution < 1.29 is 19.6 Å². The number of hydrogen-bond donors (Lipinski definition) is 3. The van der Waals surface area contributed by atoms with E-state index in [1.54, 1.807) is 13.8 Å². The Kier molecular flexibility index (Phi) is 5.01. The average Bonchev–Trinajstić information content (AvgIpc) is 2.35. The molecule has 2 amide bonds. The summed E-state index contributed by atoms with van der Waals surface area (Å²) in [4.78, 5) is 32.5. The molecule has 8 heteroatoms. The number of hydrogen-bond acceptors (Lipinski definition) is 4. The second-order valence-electron chi connectivity index (χ2n) is 4.16. The van der Waals surface area contributed by atoms with Gasteiger partial charge in [0.1, 0.15) is 6.04 Å². The minimum Gasteiger partial charge on any atom is -0.480 e. The normalized spacial score (nSPS) is 11.5. The Hall–Kier alpha value is -2.64. The first-order valence-corrected chi connectivity index (χ1v) is 5.90. The standard InChI is InChI=1S/C12H15N3O5/c1-3-9(11(16)17)14-12(18)13-8-4-5-10(15(19)20)7(2)6-8/h4-6,9H,3H2,1-2H3,(H,16,17)(H2,13,14,18). The fourth-order valence-electron chi connectivity index (χ4n) is 1.60. The molecule has 1 atom stereocenters. The molecule has 1 rings (SSSR count). The lowest BCUT2D eigenvalue weighted by Crippen LogP contribution is -2.42. The Bertz CT molecular complexity index is 544. The lowest BCUT2D eigenvalue weighted by Gasteiger charge is -2.13. The van der Waals surface area contributed by atoms with Crippen molar-refractivity contribution in [3.8, 4) is 0 Å². The maximum Gasteiger partial charge on any atom is 0.326 e. The van der Waals surface area contributed by atoms with Gasteiger partial charge in [0.05, 0.1) is 4.92 Å². The van der Waals surface area contributed by atoms with Crippen LogP contribution in [0.3, 0.4) is 0 Å². The Morgan fingerprint density at radius 3 is 2.55 bits per heavy atom. The van der Waals surface area contributed by atoms with E-state index in [4.69, 9.17) is 5.11 Å². The van der Waals surface area contributed by atoms with Crippen molar-refractivity contribution in [2.24, 2.45) is 0 Å². The summed E-state index contributed by atoms with van der Waals surface area (Å²) in [6.45, 7) is 3.18. The van der Waals surface area contributed by atoms with E-state index in [-0.39, 0.29) is 12.1 Å². The summed E-state index contributed by atoms with van der Waals surface area (Å²) in [6.07, 6.45) is 0.252. The van der Waals surface area contributed by atoms with Gasteiger partial charge in [0.2, 0.25) is 0 Å². The molecule has 0 aliphatic carbocycles. The summed E-state index contributed by atoms with van der Waals surface area (Å²) in [5.74, 6) is -1.12. The molecule has 8 nitrogen and oxygen atoms in total. The number of carboxylic acid groups (broad SMARTS) is 1. The summed E-state index contributed by atoms with van der Waals surface area (Å²) in [5, 5.41) is 24.2. The number of anilines is 1. The van der Waals surface area contributed by atoms with Gasteiger partial charge in [-0.25, -0.2) is 9.59 Å². The minimum absolute atomic E-state index is 0.0482. The maximum absolute atomic E-state index is 11.6. The van der Waals surface area contributed by atoms with Crippen LogP contribution in [-0.4, -0.2) is 28.1 Å². The molecule has 0 spiro atoms. The van der Waals surface area contributed by atoms with Crippen LogP contribution in [-0.2, 0) is 4.79 Å². The number of nitrogens with zero attached hydrogens (tertiary/aromatic N) is 1. The van der Waals surface area contributed by atoms with E-state index in [1.165, 1.54) is 18.2 Å². The van der Waals surface area contributed by atoms with E-state index in [9.17, 15) is 19.7 Å². The van der Waals surface area contributed by atoms with Gasteiger partial charge in [0.15, 0.2) is 0 Å². The van der Waals surface area contributed by atoms with Crippen LogP contribution in [0.25, 0.3) is 0 Å². The maximum atomic E-state index is 11.6. The second-order valence-corrected chi connectivity index (χ2v) is 4.16. The van der Waals surface area contributed by atoms with Crippen molar-refractivity contribution in [2.75, 3.05) is 5.32 Å². The zero-order chi connectivity index (χ0) is 15.3. The molecule has 20 heavy (non-hydrogen) atoms. The van der Waals surface area contributed by atoms with E-state index < -0.39 is 23.0 Å². The summed E-state index contributed by atoms with van der Waals surface area (Å²) < 4.78 is 0. The highest BCUT2D eigenvalue weighted by atomic mass is 16.6. The van der Waals surface area contributed by atoms with Gasteiger partial charge in [-0.15, -0.1) is 0 Å². The van der Waals surface area contributed by atoms with Crippen LogP contribution in [0.15, 0.2) is 18.2 Å². The van der Waals surface area contributed by atoms with Crippen molar-refractivity contribution in [2.45, 2.75) is 26.3 Å². The van der Waals surface area contributed by atoms with E-state index >= 15 is 0 Å². The highest BCUT2D eigenvalue weighted by molar-refractivity contribution is 5.92. The van der Waals surface area contributed by atoms with Gasteiger partial charge in [-0.1, -0.05) is 6.92 Å². The predicted molar refractivity (Wildman–Crippen MR) is 71.7 cm³/mol. The molecule has 0 aliphatic heterocycles. The zero-order valence-electron chi connectivity index (χ0n) is 11.0. The summed E-state index contributed by atoms with van der Waals surface area (Å²) >= 11 is 0. The third-order valence-corrected chi connectivity index (χ3v) is 2.66. The Morgan fingerprint density at radius 1 is 1.45 bits per heavy atom. The zero-order valence-corrected chi connectivity index (χ0v) is 11.0. The average molecular weight is 281 g/mol. The number of carbonyl (C=O) groups excluding carboxylic acids is 1. The van der Waals surface area contributed by atoms with Gasteiger partial charge in [-0.3, -0.25) is 10.1 Å². The summed E-state index contributed by atoms with van der Waals surface area (Å²) in [5.41, 5.74) is 0.705. The van der Waals surface area contributed by atoms with Gasteiger partial charge >= 0.3 is 12.0 Å². The van der Waals surface area contributed by atoms with Crippen molar-refractivity contribution >= 4 is 23.4 Å². The van der Waals surface area contributed by atoms with E-state index in [0.717, 1.165) is 0 Å². The molecule has 3 N–H and O–H groups in total. The van der Waals surface area contributed by atoms with E-state index in [1.807, 2.05) is 0 Å². The fourth-order valence-corrected chi connectivity index (χ4v) is 1.60. The predicted octanol–water partition coefficient (Wildman–Crippen LogP) is 1.89. The number of urea groups is 1. The van der Waals surface area contributed by atoms with Crippen LogP contribution in [0.4, 0.5) is 16.2 Å². The number of benzene rings is 1. The van der Waals surface area contributed by atoms with Crippen LogP contribution < -0.4 is 10.6 Å². The lowest BCUT2D eigenvalue weighted by atomic mass is 10.2. The van der Waals surface area contributed by atoms with Crippen LogP contribution in [0, 0.1) is 17.0 Å². The highest BCUT2D eigenvalue weighted by Gasteiger charge is 2.18. The van der Waals surface area contributed by atoms with E-state index in [0.29, 0.717) is 11.3 Å². The molecule has 0 heterocycles. The smallest absolute Gasteiger partial charge is 0.326 e. The van der Waals surface area contributed by atoms with Gasteiger partial charge in [-0.05, 0) is 25.5 Å². The summed E-state index contributed by atoms with van der Waals surface area (Å²) in [6, 6.07) is 2.45. The summed E-state index contributed by atoms with van der Waals surface area (Å²) in [7, 11) is 0. The molecule has 0 radical (unpaired) electrons. The van der Waals surface area contributed by atoms with Crippen molar-refractivity contribution in [3.05, 3.63) is 33.9 Å². The molecule has 1 aromatic rings. The Balaban J connectivity index is 2.74. The third-order valence-electron chi connectivity index (χ3n) is 2.66. The first-order valence-electron chi connectivity index (χ1n) is 5.90. The Labute approximate surface area is 114 Å². The van der Waals surface area contributed by atoms with Gasteiger partial charge in [0, 0.05) is 17.3 Å². The first-order chi connectivity index (χ1) is 9.35.